The van der Waals surface area contributed by atoms with Crippen molar-refractivity contribution in [3.63, 3.8) is 0 Å². The molecule has 6 heteroatoms. The molecule has 0 bridgehead atoms. The highest BCUT2D eigenvalue weighted by Crippen LogP contribution is 2.18. The summed E-state index contributed by atoms with van der Waals surface area (Å²) in [6.07, 6.45) is 3.86. The van der Waals surface area contributed by atoms with Crippen LogP contribution in [0.15, 0.2) is 54.9 Å². The van der Waals surface area contributed by atoms with Crippen molar-refractivity contribution in [1.82, 2.24) is 15.6 Å². The van der Waals surface area contributed by atoms with Gasteiger partial charge < -0.3 is 15.7 Å². The van der Waals surface area contributed by atoms with Crippen LogP contribution in [0.2, 0.25) is 0 Å². The smallest absolute Gasteiger partial charge is 0.243 e. The highest BCUT2D eigenvalue weighted by molar-refractivity contribution is 5.88. The number of carbonyl (C=O) groups is 2. The third-order valence-corrected chi connectivity index (χ3v) is 5.56. The monoisotopic (exact) mass is 425 g/mol. The van der Waals surface area contributed by atoms with Gasteiger partial charge in [0, 0.05) is 24.9 Å². The van der Waals surface area contributed by atoms with E-state index in [0.29, 0.717) is 13.0 Å². The molecule has 2 amide bonds. The van der Waals surface area contributed by atoms with Gasteiger partial charge in [-0.3, -0.25) is 14.6 Å². The highest BCUT2D eigenvalue weighted by atomic mass is 16.3. The number of hydrogen-bond acceptors (Lipinski definition) is 4. The van der Waals surface area contributed by atoms with E-state index in [1.807, 2.05) is 63.2 Å². The molecule has 0 aliphatic carbocycles. The summed E-state index contributed by atoms with van der Waals surface area (Å²) < 4.78 is 0. The number of aromatic nitrogens is 1. The molecule has 3 N–H and O–H groups in total. The van der Waals surface area contributed by atoms with Crippen LogP contribution in [0.25, 0.3) is 0 Å². The third-order valence-electron chi connectivity index (χ3n) is 5.56. The van der Waals surface area contributed by atoms with Crippen molar-refractivity contribution in [2.24, 2.45) is 17.8 Å². The Bertz CT molecular complexity index is 811. The van der Waals surface area contributed by atoms with E-state index in [9.17, 15) is 14.7 Å². The molecule has 6 nitrogen and oxygen atoms in total. The quantitative estimate of drug-likeness (QED) is 0.516. The summed E-state index contributed by atoms with van der Waals surface area (Å²) in [5.41, 5.74) is 2.11. The summed E-state index contributed by atoms with van der Waals surface area (Å²) in [4.78, 5) is 29.4. The van der Waals surface area contributed by atoms with Crippen LogP contribution in [0.1, 0.15) is 45.2 Å². The number of aliphatic hydroxyl groups excluding tert-OH is 1. The number of pyridine rings is 1. The third kappa shape index (κ3) is 8.13. The van der Waals surface area contributed by atoms with Gasteiger partial charge in [-0.05, 0) is 47.9 Å². The fraction of sp³-hybridized carbons (Fsp3) is 0.480. The second kappa shape index (κ2) is 12.2. The van der Waals surface area contributed by atoms with Gasteiger partial charge in [-0.2, -0.15) is 0 Å². The minimum Gasteiger partial charge on any atom is -0.393 e. The summed E-state index contributed by atoms with van der Waals surface area (Å²) in [6, 6.07) is 13.1. The molecule has 1 aromatic carbocycles. The van der Waals surface area contributed by atoms with Gasteiger partial charge in [-0.1, -0.05) is 58.0 Å². The second-order valence-corrected chi connectivity index (χ2v) is 8.67. The summed E-state index contributed by atoms with van der Waals surface area (Å²) in [7, 11) is 0. The first kappa shape index (κ1) is 24.5. The summed E-state index contributed by atoms with van der Waals surface area (Å²) in [5.74, 6) is -0.866. The number of amides is 2. The first-order chi connectivity index (χ1) is 14.8. The lowest BCUT2D eigenvalue weighted by atomic mass is 9.89. The summed E-state index contributed by atoms with van der Waals surface area (Å²) >= 11 is 0. The largest absolute Gasteiger partial charge is 0.393 e. The summed E-state index contributed by atoms with van der Waals surface area (Å²) in [5, 5.41) is 16.3. The van der Waals surface area contributed by atoms with Crippen LogP contribution in [-0.4, -0.2) is 34.1 Å². The minimum absolute atomic E-state index is 0.0298. The Kier molecular flexibility index (Phi) is 9.66. The molecule has 0 aliphatic heterocycles. The molecule has 0 saturated carbocycles. The molecule has 0 aliphatic rings. The Morgan fingerprint density at radius 1 is 0.935 bits per heavy atom. The van der Waals surface area contributed by atoms with Crippen molar-refractivity contribution in [3.8, 4) is 0 Å². The number of benzene rings is 1. The van der Waals surface area contributed by atoms with Crippen LogP contribution in [-0.2, 0) is 22.6 Å². The Morgan fingerprint density at radius 3 is 2.19 bits per heavy atom. The lowest BCUT2D eigenvalue weighted by Gasteiger charge is -2.26. The van der Waals surface area contributed by atoms with Gasteiger partial charge in [0.05, 0.1) is 6.10 Å². The SMILES string of the molecule is CC(CC(O)C(C)Cc1ccccc1)C(=O)NC(C(=O)NCc1ccncc1)C(C)C. The van der Waals surface area contributed by atoms with Gasteiger partial charge in [0.15, 0.2) is 0 Å². The maximum atomic E-state index is 12.7. The molecule has 31 heavy (non-hydrogen) atoms. The number of hydrogen-bond donors (Lipinski definition) is 3. The topological polar surface area (TPSA) is 91.3 Å². The lowest BCUT2D eigenvalue weighted by molar-refractivity contribution is -0.132. The van der Waals surface area contributed by atoms with E-state index in [1.54, 1.807) is 19.3 Å². The van der Waals surface area contributed by atoms with Crippen molar-refractivity contribution >= 4 is 11.8 Å². The van der Waals surface area contributed by atoms with Crippen LogP contribution < -0.4 is 10.6 Å². The van der Waals surface area contributed by atoms with E-state index in [1.165, 1.54) is 0 Å². The van der Waals surface area contributed by atoms with Gasteiger partial charge in [-0.15, -0.1) is 0 Å². The number of aliphatic hydroxyl groups is 1. The lowest BCUT2D eigenvalue weighted by Crippen LogP contribution is -2.51. The number of nitrogens with one attached hydrogen (secondary N) is 2. The van der Waals surface area contributed by atoms with Crippen LogP contribution in [0.4, 0.5) is 0 Å². The molecule has 1 heterocycles. The van der Waals surface area contributed by atoms with E-state index in [2.05, 4.69) is 15.6 Å². The van der Waals surface area contributed by atoms with Crippen molar-refractivity contribution < 1.29 is 14.7 Å². The highest BCUT2D eigenvalue weighted by Gasteiger charge is 2.28. The average Bonchev–Trinajstić information content (AvgIpc) is 2.76. The Labute approximate surface area is 185 Å². The average molecular weight is 426 g/mol. The van der Waals surface area contributed by atoms with Gasteiger partial charge in [0.2, 0.25) is 11.8 Å². The predicted octanol–water partition coefficient (Wildman–Crippen LogP) is 3.10. The molecule has 1 aromatic heterocycles. The molecular weight excluding hydrogens is 390 g/mol. The van der Waals surface area contributed by atoms with Crippen molar-refractivity contribution in [3.05, 3.63) is 66.0 Å². The van der Waals surface area contributed by atoms with Crippen molar-refractivity contribution in [2.45, 2.75) is 59.2 Å². The van der Waals surface area contributed by atoms with Gasteiger partial charge >= 0.3 is 0 Å². The van der Waals surface area contributed by atoms with E-state index >= 15 is 0 Å². The first-order valence-electron chi connectivity index (χ1n) is 11.0. The van der Waals surface area contributed by atoms with Crippen molar-refractivity contribution in [2.75, 3.05) is 0 Å². The van der Waals surface area contributed by atoms with Crippen LogP contribution >= 0.6 is 0 Å². The van der Waals surface area contributed by atoms with E-state index in [4.69, 9.17) is 0 Å². The molecule has 4 atom stereocenters. The standard InChI is InChI=1S/C25H35N3O3/c1-17(2)23(25(31)27-16-21-10-12-26-13-11-21)28-24(30)19(4)15-22(29)18(3)14-20-8-6-5-7-9-20/h5-13,17-19,22-23,29H,14-16H2,1-4H3,(H,27,31)(H,28,30). The molecule has 0 radical (unpaired) electrons. The fourth-order valence-electron chi connectivity index (χ4n) is 3.45. The maximum Gasteiger partial charge on any atom is 0.243 e. The Morgan fingerprint density at radius 2 is 1.58 bits per heavy atom. The zero-order valence-electron chi connectivity index (χ0n) is 18.9. The minimum atomic E-state index is -0.629. The molecule has 4 unspecified atom stereocenters. The van der Waals surface area contributed by atoms with E-state index in [-0.39, 0.29) is 23.7 Å². The molecular formula is C25H35N3O3. The van der Waals surface area contributed by atoms with Gasteiger partial charge in [0.1, 0.15) is 6.04 Å². The number of carbonyl (C=O) groups excluding carboxylic acids is 2. The van der Waals surface area contributed by atoms with Crippen LogP contribution in [0, 0.1) is 17.8 Å². The maximum absolute atomic E-state index is 12.7. The molecule has 0 spiro atoms. The zero-order valence-corrected chi connectivity index (χ0v) is 18.9. The number of rotatable bonds is 11. The van der Waals surface area contributed by atoms with Crippen LogP contribution in [0.5, 0.6) is 0 Å². The Balaban J connectivity index is 1.86. The fourth-order valence-corrected chi connectivity index (χ4v) is 3.45. The normalized spacial score (nSPS) is 15.0. The van der Waals surface area contributed by atoms with Crippen LogP contribution in [0.3, 0.4) is 0 Å². The van der Waals surface area contributed by atoms with Crippen molar-refractivity contribution in [1.29, 1.82) is 0 Å². The van der Waals surface area contributed by atoms with Gasteiger partial charge in [-0.25, -0.2) is 0 Å². The molecule has 2 rings (SSSR count). The van der Waals surface area contributed by atoms with Gasteiger partial charge in [0.25, 0.3) is 0 Å². The molecule has 2 aromatic rings. The molecule has 0 saturated heterocycles. The molecule has 0 fully saturated rings. The van der Waals surface area contributed by atoms with E-state index < -0.39 is 18.1 Å². The predicted molar refractivity (Wildman–Crippen MR) is 122 cm³/mol. The molecule has 168 valence electrons. The van der Waals surface area contributed by atoms with E-state index in [0.717, 1.165) is 17.5 Å². The number of nitrogens with zero attached hydrogens (tertiary/aromatic N) is 1. The summed E-state index contributed by atoms with van der Waals surface area (Å²) in [6.45, 7) is 7.97. The second-order valence-electron chi connectivity index (χ2n) is 8.67. The Hall–Kier alpha value is -2.73. The first-order valence-corrected chi connectivity index (χ1v) is 11.0. The zero-order chi connectivity index (χ0) is 22.8.